The highest BCUT2D eigenvalue weighted by Gasteiger charge is 2.28. The number of nitrogens with one attached hydrogen (secondary N) is 1. The topological polar surface area (TPSA) is 36.3 Å². The van der Waals surface area contributed by atoms with Gasteiger partial charge in [-0.25, -0.2) is 0 Å². The van der Waals surface area contributed by atoms with Crippen LogP contribution in [0.15, 0.2) is 0 Å². The van der Waals surface area contributed by atoms with Gasteiger partial charge < -0.3 is 5.32 Å². The lowest BCUT2D eigenvalue weighted by Crippen LogP contribution is -2.61. The van der Waals surface area contributed by atoms with Crippen molar-refractivity contribution in [3.63, 3.8) is 0 Å². The van der Waals surface area contributed by atoms with Gasteiger partial charge in [0.25, 0.3) is 0 Å². The standard InChI is InChI=1S/C15H26ClN5/c1-3-13-15(16)14(21(4-2)18-13)11-19-5-7-20(8-6-19)12-9-17-10-12/h12,17H,3-11H2,1-2H3. The van der Waals surface area contributed by atoms with Crippen molar-refractivity contribution in [2.45, 2.75) is 39.4 Å². The Labute approximate surface area is 132 Å². The number of piperazine rings is 1. The van der Waals surface area contributed by atoms with Gasteiger partial charge in [-0.2, -0.15) is 5.10 Å². The maximum atomic E-state index is 6.51. The Balaban J connectivity index is 1.61. The van der Waals surface area contributed by atoms with Crippen molar-refractivity contribution in [1.29, 1.82) is 0 Å². The summed E-state index contributed by atoms with van der Waals surface area (Å²) in [6.07, 6.45) is 0.904. The molecule has 0 aromatic carbocycles. The predicted molar refractivity (Wildman–Crippen MR) is 85.8 cm³/mol. The fourth-order valence-electron chi connectivity index (χ4n) is 3.20. The Bertz CT molecular complexity index is 475. The average molecular weight is 312 g/mol. The van der Waals surface area contributed by atoms with Crippen molar-refractivity contribution in [3.05, 3.63) is 16.4 Å². The summed E-state index contributed by atoms with van der Waals surface area (Å²) in [5.74, 6) is 0. The molecule has 1 aromatic rings. The fraction of sp³-hybridized carbons (Fsp3) is 0.800. The van der Waals surface area contributed by atoms with Gasteiger partial charge in [0.1, 0.15) is 0 Å². The minimum absolute atomic E-state index is 0.767. The molecule has 5 nitrogen and oxygen atoms in total. The van der Waals surface area contributed by atoms with Crippen molar-refractivity contribution in [2.75, 3.05) is 39.3 Å². The molecule has 2 saturated heterocycles. The number of halogens is 1. The lowest BCUT2D eigenvalue weighted by atomic mass is 10.1. The van der Waals surface area contributed by atoms with E-state index < -0.39 is 0 Å². The first-order valence-corrected chi connectivity index (χ1v) is 8.51. The van der Waals surface area contributed by atoms with E-state index in [-0.39, 0.29) is 0 Å². The molecule has 0 atom stereocenters. The van der Waals surface area contributed by atoms with Crippen LogP contribution in [0.1, 0.15) is 25.2 Å². The number of rotatable bonds is 5. The molecule has 0 bridgehead atoms. The van der Waals surface area contributed by atoms with Gasteiger partial charge in [-0.05, 0) is 13.3 Å². The van der Waals surface area contributed by atoms with Gasteiger partial charge in [0.05, 0.1) is 16.4 Å². The quantitative estimate of drug-likeness (QED) is 0.887. The van der Waals surface area contributed by atoms with E-state index in [0.29, 0.717) is 0 Å². The molecule has 0 saturated carbocycles. The highest BCUT2D eigenvalue weighted by atomic mass is 35.5. The van der Waals surface area contributed by atoms with Crippen LogP contribution >= 0.6 is 11.6 Å². The van der Waals surface area contributed by atoms with Crippen LogP contribution in [0.5, 0.6) is 0 Å². The number of aromatic nitrogens is 2. The van der Waals surface area contributed by atoms with E-state index in [0.717, 1.165) is 62.4 Å². The molecule has 0 aliphatic carbocycles. The molecular weight excluding hydrogens is 286 g/mol. The molecule has 0 unspecified atom stereocenters. The molecule has 0 spiro atoms. The SMILES string of the molecule is CCc1nn(CC)c(CN2CCN(C3CNC3)CC2)c1Cl. The molecular formula is C15H26ClN5. The Morgan fingerprint density at radius 1 is 1.19 bits per heavy atom. The monoisotopic (exact) mass is 311 g/mol. The van der Waals surface area contributed by atoms with Gasteiger partial charge in [-0.3, -0.25) is 14.5 Å². The molecule has 6 heteroatoms. The van der Waals surface area contributed by atoms with Crippen molar-refractivity contribution in [3.8, 4) is 0 Å². The Kier molecular flexibility index (Phi) is 4.84. The first kappa shape index (κ1) is 15.3. The van der Waals surface area contributed by atoms with Crippen LogP contribution in [0, 0.1) is 0 Å². The van der Waals surface area contributed by atoms with E-state index in [1.165, 1.54) is 18.8 Å². The zero-order chi connectivity index (χ0) is 14.8. The van der Waals surface area contributed by atoms with Crippen molar-refractivity contribution in [2.24, 2.45) is 0 Å². The largest absolute Gasteiger partial charge is 0.314 e. The maximum absolute atomic E-state index is 6.51. The van der Waals surface area contributed by atoms with Crippen LogP contribution in [0.25, 0.3) is 0 Å². The number of aryl methyl sites for hydroxylation is 2. The number of hydrogen-bond acceptors (Lipinski definition) is 4. The third-order valence-corrected chi connectivity index (χ3v) is 5.19. The Morgan fingerprint density at radius 3 is 2.43 bits per heavy atom. The summed E-state index contributed by atoms with van der Waals surface area (Å²) in [4.78, 5) is 5.13. The van der Waals surface area contributed by atoms with Gasteiger partial charge in [-0.1, -0.05) is 18.5 Å². The lowest BCUT2D eigenvalue weighted by molar-refractivity contribution is 0.0684. The third-order valence-electron chi connectivity index (χ3n) is 4.75. The fourth-order valence-corrected chi connectivity index (χ4v) is 3.53. The van der Waals surface area contributed by atoms with Crippen LogP contribution in [-0.2, 0) is 19.5 Å². The summed E-state index contributed by atoms with van der Waals surface area (Å²) in [7, 11) is 0. The minimum atomic E-state index is 0.767. The van der Waals surface area contributed by atoms with Crippen LogP contribution < -0.4 is 5.32 Å². The van der Waals surface area contributed by atoms with E-state index >= 15 is 0 Å². The minimum Gasteiger partial charge on any atom is -0.314 e. The molecule has 3 heterocycles. The first-order chi connectivity index (χ1) is 10.2. The number of nitrogens with zero attached hydrogens (tertiary/aromatic N) is 4. The average Bonchev–Trinajstić information content (AvgIpc) is 2.75. The van der Waals surface area contributed by atoms with Crippen LogP contribution in [0.2, 0.25) is 5.02 Å². The first-order valence-electron chi connectivity index (χ1n) is 8.14. The van der Waals surface area contributed by atoms with Crippen molar-refractivity contribution >= 4 is 11.6 Å². The summed E-state index contributed by atoms with van der Waals surface area (Å²) in [6.45, 7) is 13.0. The molecule has 3 rings (SSSR count). The normalized spacial score (nSPS) is 21.7. The van der Waals surface area contributed by atoms with Gasteiger partial charge >= 0.3 is 0 Å². The smallest absolute Gasteiger partial charge is 0.0863 e. The van der Waals surface area contributed by atoms with E-state index in [1.807, 2.05) is 0 Å². The van der Waals surface area contributed by atoms with Gasteiger partial charge in [-0.15, -0.1) is 0 Å². The van der Waals surface area contributed by atoms with Gasteiger partial charge in [0.2, 0.25) is 0 Å². The molecule has 2 aliphatic rings. The molecule has 21 heavy (non-hydrogen) atoms. The molecule has 118 valence electrons. The van der Waals surface area contributed by atoms with Gasteiger partial charge in [0, 0.05) is 58.4 Å². The highest BCUT2D eigenvalue weighted by Crippen LogP contribution is 2.23. The van der Waals surface area contributed by atoms with E-state index in [4.69, 9.17) is 11.6 Å². The predicted octanol–water partition coefficient (Wildman–Crippen LogP) is 1.21. The van der Waals surface area contributed by atoms with Crippen LogP contribution in [0.3, 0.4) is 0 Å². The second-order valence-corrected chi connectivity index (χ2v) is 6.38. The lowest BCUT2D eigenvalue weighted by Gasteiger charge is -2.43. The van der Waals surface area contributed by atoms with Gasteiger partial charge in [0.15, 0.2) is 0 Å². The summed E-state index contributed by atoms with van der Waals surface area (Å²) < 4.78 is 2.07. The van der Waals surface area contributed by atoms with Crippen LogP contribution in [0.4, 0.5) is 0 Å². The molecule has 1 N–H and O–H groups in total. The molecule has 2 fully saturated rings. The third kappa shape index (κ3) is 3.11. The zero-order valence-electron chi connectivity index (χ0n) is 13.1. The van der Waals surface area contributed by atoms with Crippen molar-refractivity contribution in [1.82, 2.24) is 24.9 Å². The van der Waals surface area contributed by atoms with E-state index in [9.17, 15) is 0 Å². The summed E-state index contributed by atoms with van der Waals surface area (Å²) in [5.41, 5.74) is 2.22. The highest BCUT2D eigenvalue weighted by molar-refractivity contribution is 6.31. The summed E-state index contributed by atoms with van der Waals surface area (Å²) >= 11 is 6.51. The second kappa shape index (κ2) is 6.65. The second-order valence-electron chi connectivity index (χ2n) is 6.00. The molecule has 0 amide bonds. The Morgan fingerprint density at radius 2 is 1.90 bits per heavy atom. The zero-order valence-corrected chi connectivity index (χ0v) is 13.9. The summed E-state index contributed by atoms with van der Waals surface area (Å²) in [5, 5.41) is 8.85. The van der Waals surface area contributed by atoms with Crippen LogP contribution in [-0.4, -0.2) is 64.9 Å². The van der Waals surface area contributed by atoms with Crippen molar-refractivity contribution < 1.29 is 0 Å². The summed E-state index contributed by atoms with van der Waals surface area (Å²) in [6, 6.07) is 0.767. The number of hydrogen-bond donors (Lipinski definition) is 1. The van der Waals surface area contributed by atoms with E-state index in [1.54, 1.807) is 0 Å². The maximum Gasteiger partial charge on any atom is 0.0863 e. The Hall–Kier alpha value is -0.620. The molecule has 0 radical (unpaired) electrons. The molecule has 2 aliphatic heterocycles. The van der Waals surface area contributed by atoms with E-state index in [2.05, 4.69) is 38.7 Å². The molecule has 1 aromatic heterocycles.